The van der Waals surface area contributed by atoms with E-state index in [1.165, 1.54) is 19.3 Å². The summed E-state index contributed by atoms with van der Waals surface area (Å²) in [4.78, 5) is 26.3. The van der Waals surface area contributed by atoms with E-state index < -0.39 is 0 Å². The highest BCUT2D eigenvalue weighted by Gasteiger charge is 2.26. The first kappa shape index (κ1) is 17.8. The van der Waals surface area contributed by atoms with Crippen molar-refractivity contribution < 1.29 is 14.0 Å². The van der Waals surface area contributed by atoms with Crippen LogP contribution < -0.4 is 10.6 Å². The van der Waals surface area contributed by atoms with Gasteiger partial charge < -0.3 is 20.0 Å². The molecule has 2 N–H and O–H groups in total. The molecule has 1 aliphatic heterocycles. The summed E-state index contributed by atoms with van der Waals surface area (Å²) in [6, 6.07) is 4.10. The normalized spacial score (nSPS) is 19.6. The second-order valence-corrected chi connectivity index (χ2v) is 7.28. The van der Waals surface area contributed by atoms with Crippen molar-refractivity contribution in [2.24, 2.45) is 5.92 Å². The molecule has 2 fully saturated rings. The van der Waals surface area contributed by atoms with Gasteiger partial charge in [0, 0.05) is 25.6 Å². The molecule has 0 bridgehead atoms. The van der Waals surface area contributed by atoms with Gasteiger partial charge in [0.2, 0.25) is 5.91 Å². The Balaban J connectivity index is 1.33. The number of carbonyl (C=O) groups is 2. The van der Waals surface area contributed by atoms with E-state index >= 15 is 0 Å². The lowest BCUT2D eigenvalue weighted by molar-refractivity contribution is -0.122. The monoisotopic (exact) mass is 347 g/mol. The van der Waals surface area contributed by atoms with Crippen molar-refractivity contribution in [1.29, 1.82) is 0 Å². The molecule has 1 aromatic heterocycles. The number of nitrogens with zero attached hydrogens (tertiary/aromatic N) is 1. The molecule has 2 aliphatic rings. The van der Waals surface area contributed by atoms with Crippen molar-refractivity contribution in [3.8, 4) is 0 Å². The molecule has 0 aromatic carbocycles. The number of nitrogens with one attached hydrogen (secondary N) is 2. The fourth-order valence-corrected chi connectivity index (χ4v) is 3.79. The van der Waals surface area contributed by atoms with Gasteiger partial charge in [0.15, 0.2) is 0 Å². The van der Waals surface area contributed by atoms with Crippen LogP contribution in [0.5, 0.6) is 0 Å². The molecule has 3 amide bonds. The molecule has 0 spiro atoms. The number of piperidine rings is 1. The molecule has 138 valence electrons. The molecule has 0 radical (unpaired) electrons. The zero-order valence-electron chi connectivity index (χ0n) is 14.8. The van der Waals surface area contributed by atoms with Crippen LogP contribution >= 0.6 is 0 Å². The van der Waals surface area contributed by atoms with Crippen molar-refractivity contribution in [2.45, 2.75) is 64.0 Å². The van der Waals surface area contributed by atoms with Gasteiger partial charge in [0.1, 0.15) is 5.76 Å². The van der Waals surface area contributed by atoms with E-state index in [9.17, 15) is 9.59 Å². The number of likely N-dealkylation sites (tertiary alicyclic amines) is 1. The maximum atomic E-state index is 12.4. The Labute approximate surface area is 149 Å². The summed E-state index contributed by atoms with van der Waals surface area (Å²) in [6.07, 6.45) is 9.88. The Hall–Kier alpha value is -1.98. The van der Waals surface area contributed by atoms with Crippen molar-refractivity contribution >= 4 is 11.9 Å². The topological polar surface area (TPSA) is 74.6 Å². The van der Waals surface area contributed by atoms with E-state index in [1.54, 1.807) is 6.26 Å². The molecular weight excluding hydrogens is 318 g/mol. The molecule has 1 saturated heterocycles. The van der Waals surface area contributed by atoms with Gasteiger partial charge in [-0.1, -0.05) is 19.3 Å². The average molecular weight is 347 g/mol. The first-order valence-corrected chi connectivity index (χ1v) is 9.55. The van der Waals surface area contributed by atoms with Crippen molar-refractivity contribution in [3.63, 3.8) is 0 Å². The average Bonchev–Trinajstić information content (AvgIpc) is 3.15. The number of furan rings is 1. The number of hydrogen-bond donors (Lipinski definition) is 2. The molecule has 6 nitrogen and oxygen atoms in total. The third kappa shape index (κ3) is 5.51. The summed E-state index contributed by atoms with van der Waals surface area (Å²) in [6.45, 7) is 1.93. The maximum absolute atomic E-state index is 12.4. The third-order valence-electron chi connectivity index (χ3n) is 5.35. The molecule has 25 heavy (non-hydrogen) atoms. The number of rotatable bonds is 5. The van der Waals surface area contributed by atoms with Crippen LogP contribution in [-0.2, 0) is 11.3 Å². The Morgan fingerprint density at radius 1 is 1.12 bits per heavy atom. The second kappa shape index (κ2) is 8.92. The number of amides is 3. The fraction of sp³-hybridized carbons (Fsp3) is 0.684. The molecule has 1 aliphatic carbocycles. The van der Waals surface area contributed by atoms with E-state index in [2.05, 4.69) is 10.6 Å². The second-order valence-electron chi connectivity index (χ2n) is 7.28. The highest BCUT2D eigenvalue weighted by atomic mass is 16.3. The molecule has 6 heteroatoms. The standard InChI is InChI=1S/C19H29N3O3/c23-18(20-14-17-7-4-12-25-17)13-15-8-10-22(11-9-15)19(24)21-16-5-2-1-3-6-16/h4,7,12,15-16H,1-3,5-6,8-11,13-14H2,(H,20,23)(H,21,24). The predicted molar refractivity (Wildman–Crippen MR) is 94.9 cm³/mol. The van der Waals surface area contributed by atoms with Crippen LogP contribution in [0.1, 0.15) is 57.1 Å². The Kier molecular flexibility index (Phi) is 6.36. The quantitative estimate of drug-likeness (QED) is 0.860. The highest BCUT2D eigenvalue weighted by Crippen LogP contribution is 2.22. The summed E-state index contributed by atoms with van der Waals surface area (Å²) in [5.74, 6) is 1.18. The van der Waals surface area contributed by atoms with Gasteiger partial charge in [-0.05, 0) is 43.7 Å². The van der Waals surface area contributed by atoms with Gasteiger partial charge in [0.25, 0.3) is 0 Å². The molecule has 1 saturated carbocycles. The van der Waals surface area contributed by atoms with Gasteiger partial charge >= 0.3 is 6.03 Å². The first-order valence-electron chi connectivity index (χ1n) is 9.55. The Morgan fingerprint density at radius 2 is 1.88 bits per heavy atom. The van der Waals surface area contributed by atoms with E-state index in [1.807, 2.05) is 17.0 Å². The van der Waals surface area contributed by atoms with E-state index in [-0.39, 0.29) is 11.9 Å². The van der Waals surface area contributed by atoms with Gasteiger partial charge in [-0.15, -0.1) is 0 Å². The van der Waals surface area contributed by atoms with E-state index in [4.69, 9.17) is 4.42 Å². The minimum Gasteiger partial charge on any atom is -0.467 e. The summed E-state index contributed by atoms with van der Waals surface area (Å²) < 4.78 is 5.21. The van der Waals surface area contributed by atoms with Gasteiger partial charge in [0.05, 0.1) is 12.8 Å². The summed E-state index contributed by atoms with van der Waals surface area (Å²) in [5, 5.41) is 6.07. The summed E-state index contributed by atoms with van der Waals surface area (Å²) in [7, 11) is 0. The van der Waals surface area contributed by atoms with Crippen LogP contribution in [0.2, 0.25) is 0 Å². The highest BCUT2D eigenvalue weighted by molar-refractivity contribution is 5.76. The molecular formula is C19H29N3O3. The van der Waals surface area contributed by atoms with Gasteiger partial charge in [-0.2, -0.15) is 0 Å². The van der Waals surface area contributed by atoms with Crippen LogP contribution in [0.15, 0.2) is 22.8 Å². The predicted octanol–water partition coefficient (Wildman–Crippen LogP) is 3.04. The lowest BCUT2D eigenvalue weighted by Gasteiger charge is -2.33. The van der Waals surface area contributed by atoms with Crippen LogP contribution in [0.3, 0.4) is 0 Å². The first-order chi connectivity index (χ1) is 12.2. The molecule has 0 atom stereocenters. The van der Waals surface area contributed by atoms with E-state index in [0.29, 0.717) is 24.9 Å². The van der Waals surface area contributed by atoms with Gasteiger partial charge in [-0.3, -0.25) is 4.79 Å². The van der Waals surface area contributed by atoms with E-state index in [0.717, 1.165) is 44.5 Å². The minimum absolute atomic E-state index is 0.0570. The van der Waals surface area contributed by atoms with Crippen molar-refractivity contribution in [1.82, 2.24) is 15.5 Å². The van der Waals surface area contributed by atoms with Crippen LogP contribution in [0.25, 0.3) is 0 Å². The lowest BCUT2D eigenvalue weighted by Crippen LogP contribution is -2.48. The fourth-order valence-electron chi connectivity index (χ4n) is 3.79. The Bertz CT molecular complexity index is 544. The smallest absolute Gasteiger partial charge is 0.317 e. The third-order valence-corrected chi connectivity index (χ3v) is 5.35. The van der Waals surface area contributed by atoms with Crippen LogP contribution in [0, 0.1) is 5.92 Å². The Morgan fingerprint density at radius 3 is 2.56 bits per heavy atom. The maximum Gasteiger partial charge on any atom is 0.317 e. The summed E-state index contributed by atoms with van der Waals surface area (Å²) in [5.41, 5.74) is 0. The number of carbonyl (C=O) groups excluding carboxylic acids is 2. The number of urea groups is 1. The molecule has 3 rings (SSSR count). The van der Waals surface area contributed by atoms with Crippen molar-refractivity contribution in [3.05, 3.63) is 24.2 Å². The van der Waals surface area contributed by atoms with Crippen LogP contribution in [-0.4, -0.2) is 36.0 Å². The largest absolute Gasteiger partial charge is 0.467 e. The van der Waals surface area contributed by atoms with Crippen LogP contribution in [0.4, 0.5) is 4.79 Å². The zero-order valence-corrected chi connectivity index (χ0v) is 14.8. The number of hydrogen-bond acceptors (Lipinski definition) is 3. The minimum atomic E-state index is 0.0570. The molecule has 2 heterocycles. The zero-order chi connectivity index (χ0) is 17.5. The van der Waals surface area contributed by atoms with Gasteiger partial charge in [-0.25, -0.2) is 4.79 Å². The summed E-state index contributed by atoms with van der Waals surface area (Å²) >= 11 is 0. The molecule has 1 aromatic rings. The SMILES string of the molecule is O=C(CC1CCN(C(=O)NC2CCCCC2)CC1)NCc1ccco1. The molecule has 0 unspecified atom stereocenters. The lowest BCUT2D eigenvalue weighted by atomic mass is 9.93. The van der Waals surface area contributed by atoms with Crippen molar-refractivity contribution in [2.75, 3.05) is 13.1 Å².